The largest absolute Gasteiger partial charge is 0.481 e. The lowest BCUT2D eigenvalue weighted by atomic mass is 9.95. The van der Waals surface area contributed by atoms with Crippen LogP contribution in [-0.2, 0) is 6.42 Å². The Morgan fingerprint density at radius 2 is 1.75 bits per heavy atom. The molecule has 0 spiro atoms. The van der Waals surface area contributed by atoms with Gasteiger partial charge >= 0.3 is 0 Å². The Kier molecular flexibility index (Phi) is 4.61. The number of ether oxygens (including phenoxy) is 1. The van der Waals surface area contributed by atoms with Crippen molar-refractivity contribution < 1.29 is 4.74 Å². The van der Waals surface area contributed by atoms with Crippen molar-refractivity contribution >= 4 is 11.6 Å². The van der Waals surface area contributed by atoms with Gasteiger partial charge in [0, 0.05) is 18.2 Å². The SMILES string of the molecule is COc1cc(CC(Cl)c2c(C)cc(C)cc2C)ncn1. The number of aryl methyl sites for hydroxylation is 3. The molecule has 0 amide bonds. The van der Waals surface area contributed by atoms with Crippen LogP contribution in [-0.4, -0.2) is 17.1 Å². The van der Waals surface area contributed by atoms with Crippen molar-refractivity contribution in [2.75, 3.05) is 7.11 Å². The van der Waals surface area contributed by atoms with Gasteiger partial charge in [0.15, 0.2) is 0 Å². The van der Waals surface area contributed by atoms with Gasteiger partial charge < -0.3 is 4.74 Å². The summed E-state index contributed by atoms with van der Waals surface area (Å²) < 4.78 is 5.11. The highest BCUT2D eigenvalue weighted by atomic mass is 35.5. The quantitative estimate of drug-likeness (QED) is 0.800. The molecule has 1 atom stereocenters. The van der Waals surface area contributed by atoms with Gasteiger partial charge in [0.05, 0.1) is 12.5 Å². The van der Waals surface area contributed by atoms with E-state index in [0.29, 0.717) is 12.3 Å². The van der Waals surface area contributed by atoms with Crippen molar-refractivity contribution in [2.24, 2.45) is 0 Å². The van der Waals surface area contributed by atoms with E-state index in [1.165, 1.54) is 28.6 Å². The first-order valence-corrected chi connectivity index (χ1v) is 7.01. The van der Waals surface area contributed by atoms with Gasteiger partial charge in [-0.2, -0.15) is 0 Å². The molecule has 2 aromatic rings. The third-order valence-corrected chi connectivity index (χ3v) is 3.72. The molecule has 0 aliphatic carbocycles. The molecule has 0 bridgehead atoms. The Hall–Kier alpha value is -1.61. The minimum atomic E-state index is -0.102. The smallest absolute Gasteiger partial charge is 0.216 e. The summed E-state index contributed by atoms with van der Waals surface area (Å²) in [6, 6.07) is 6.16. The molecule has 0 N–H and O–H groups in total. The number of rotatable bonds is 4. The van der Waals surface area contributed by atoms with Crippen LogP contribution in [0.4, 0.5) is 0 Å². The monoisotopic (exact) mass is 290 g/mol. The maximum atomic E-state index is 6.60. The highest BCUT2D eigenvalue weighted by molar-refractivity contribution is 6.21. The van der Waals surface area contributed by atoms with Crippen LogP contribution in [0, 0.1) is 20.8 Å². The normalized spacial score (nSPS) is 12.2. The minimum absolute atomic E-state index is 0.102. The number of hydrogen-bond donors (Lipinski definition) is 0. The van der Waals surface area contributed by atoms with Crippen molar-refractivity contribution in [1.82, 2.24) is 9.97 Å². The summed E-state index contributed by atoms with van der Waals surface area (Å²) in [5, 5.41) is -0.102. The molecule has 20 heavy (non-hydrogen) atoms. The van der Waals surface area contributed by atoms with E-state index in [9.17, 15) is 0 Å². The molecular weight excluding hydrogens is 272 g/mol. The van der Waals surface area contributed by atoms with Gasteiger partial charge in [-0.05, 0) is 37.5 Å². The third-order valence-electron chi connectivity index (χ3n) is 3.35. The van der Waals surface area contributed by atoms with Crippen molar-refractivity contribution in [3.05, 3.63) is 52.5 Å². The fourth-order valence-corrected chi connectivity index (χ4v) is 3.07. The van der Waals surface area contributed by atoms with E-state index in [2.05, 4.69) is 42.9 Å². The van der Waals surface area contributed by atoms with Crippen molar-refractivity contribution in [2.45, 2.75) is 32.6 Å². The molecule has 0 saturated carbocycles. The van der Waals surface area contributed by atoms with Crippen LogP contribution in [0.3, 0.4) is 0 Å². The number of alkyl halides is 1. The number of hydrogen-bond acceptors (Lipinski definition) is 3. The molecule has 106 valence electrons. The van der Waals surface area contributed by atoms with E-state index in [4.69, 9.17) is 16.3 Å². The molecule has 1 unspecified atom stereocenters. The second-order valence-corrected chi connectivity index (χ2v) is 5.56. The Morgan fingerprint density at radius 1 is 1.10 bits per heavy atom. The highest BCUT2D eigenvalue weighted by Crippen LogP contribution is 2.31. The maximum Gasteiger partial charge on any atom is 0.216 e. The molecule has 0 radical (unpaired) electrons. The summed E-state index contributed by atoms with van der Waals surface area (Å²) in [6.45, 7) is 6.30. The summed E-state index contributed by atoms with van der Waals surface area (Å²) in [5.74, 6) is 0.566. The molecule has 1 heterocycles. The lowest BCUT2D eigenvalue weighted by Crippen LogP contribution is -2.04. The predicted molar refractivity (Wildman–Crippen MR) is 81.5 cm³/mol. The van der Waals surface area contributed by atoms with Crippen molar-refractivity contribution in [3.63, 3.8) is 0 Å². The van der Waals surface area contributed by atoms with Gasteiger partial charge in [-0.25, -0.2) is 9.97 Å². The fourth-order valence-electron chi connectivity index (χ4n) is 2.57. The highest BCUT2D eigenvalue weighted by Gasteiger charge is 2.15. The van der Waals surface area contributed by atoms with E-state index >= 15 is 0 Å². The standard InChI is InChI=1S/C16H19ClN2O/c1-10-5-11(2)16(12(3)6-10)14(17)7-13-8-15(20-4)19-9-18-13/h5-6,8-9,14H,7H2,1-4H3. The Bertz CT molecular complexity index is 590. The van der Waals surface area contributed by atoms with Crippen molar-refractivity contribution in [1.29, 1.82) is 0 Å². The molecule has 1 aromatic carbocycles. The van der Waals surface area contributed by atoms with Gasteiger partial charge in [0.1, 0.15) is 6.33 Å². The van der Waals surface area contributed by atoms with Gasteiger partial charge in [-0.15, -0.1) is 11.6 Å². The summed E-state index contributed by atoms with van der Waals surface area (Å²) in [6.07, 6.45) is 2.16. The number of methoxy groups -OCH3 is 1. The van der Waals surface area contributed by atoms with Gasteiger partial charge in [-0.3, -0.25) is 0 Å². The first-order valence-electron chi connectivity index (χ1n) is 6.58. The first-order chi connectivity index (χ1) is 9.51. The summed E-state index contributed by atoms with van der Waals surface area (Å²) in [4.78, 5) is 8.26. The molecule has 0 aliphatic rings. The minimum Gasteiger partial charge on any atom is -0.481 e. The maximum absolute atomic E-state index is 6.60. The second-order valence-electron chi connectivity index (χ2n) is 5.04. The van der Waals surface area contributed by atoms with Gasteiger partial charge in [0.25, 0.3) is 0 Å². The van der Waals surface area contributed by atoms with Crippen LogP contribution >= 0.6 is 11.6 Å². The number of halogens is 1. The predicted octanol–water partition coefficient (Wildman–Crippen LogP) is 3.93. The van der Waals surface area contributed by atoms with Crippen LogP contribution in [0.5, 0.6) is 5.88 Å². The van der Waals surface area contributed by atoms with E-state index < -0.39 is 0 Å². The Morgan fingerprint density at radius 3 is 2.35 bits per heavy atom. The van der Waals surface area contributed by atoms with Crippen molar-refractivity contribution in [3.8, 4) is 5.88 Å². The van der Waals surface area contributed by atoms with Gasteiger partial charge in [-0.1, -0.05) is 17.7 Å². The molecule has 4 heteroatoms. The molecule has 2 rings (SSSR count). The molecule has 0 fully saturated rings. The second kappa shape index (κ2) is 6.23. The van der Waals surface area contributed by atoms with Crippen LogP contribution < -0.4 is 4.74 Å². The molecule has 0 saturated heterocycles. The van der Waals surface area contributed by atoms with Crippen LogP contribution in [0.15, 0.2) is 24.5 Å². The van der Waals surface area contributed by atoms with Crippen LogP contribution in [0.25, 0.3) is 0 Å². The number of nitrogens with zero attached hydrogens (tertiary/aromatic N) is 2. The molecule has 1 aromatic heterocycles. The van der Waals surface area contributed by atoms with E-state index in [1.807, 2.05) is 6.07 Å². The zero-order chi connectivity index (χ0) is 14.7. The summed E-state index contributed by atoms with van der Waals surface area (Å²) in [5.41, 5.74) is 5.79. The Balaban J connectivity index is 2.26. The van der Waals surface area contributed by atoms with Crippen LogP contribution in [0.2, 0.25) is 0 Å². The lowest BCUT2D eigenvalue weighted by molar-refractivity contribution is 0.396. The third kappa shape index (κ3) is 3.28. The first kappa shape index (κ1) is 14.8. The summed E-state index contributed by atoms with van der Waals surface area (Å²) >= 11 is 6.60. The fraction of sp³-hybridized carbons (Fsp3) is 0.375. The molecular formula is C16H19ClN2O. The van der Waals surface area contributed by atoms with Crippen LogP contribution in [0.1, 0.15) is 33.3 Å². The van der Waals surface area contributed by atoms with E-state index in [0.717, 1.165) is 5.69 Å². The average molecular weight is 291 g/mol. The lowest BCUT2D eigenvalue weighted by Gasteiger charge is -2.16. The van der Waals surface area contributed by atoms with E-state index in [-0.39, 0.29) is 5.38 Å². The van der Waals surface area contributed by atoms with Gasteiger partial charge in [0.2, 0.25) is 5.88 Å². The van der Waals surface area contributed by atoms with E-state index in [1.54, 1.807) is 7.11 Å². The topological polar surface area (TPSA) is 35.0 Å². The zero-order valence-electron chi connectivity index (χ0n) is 12.3. The molecule has 3 nitrogen and oxygen atoms in total. The number of benzene rings is 1. The summed E-state index contributed by atoms with van der Waals surface area (Å²) in [7, 11) is 1.60. The average Bonchev–Trinajstić information content (AvgIpc) is 2.37. The zero-order valence-corrected chi connectivity index (χ0v) is 13.0. The molecule has 0 aliphatic heterocycles. The number of aromatic nitrogens is 2. The Labute approximate surface area is 125 Å².